The molecule has 98 valence electrons. The second kappa shape index (κ2) is 6.73. The third-order valence-electron chi connectivity index (χ3n) is 4.26. The lowest BCUT2D eigenvalue weighted by atomic mass is 9.85. The van der Waals surface area contributed by atoms with Crippen LogP contribution in [0.3, 0.4) is 0 Å². The highest BCUT2D eigenvalue weighted by Crippen LogP contribution is 2.25. The van der Waals surface area contributed by atoms with Crippen molar-refractivity contribution in [2.75, 3.05) is 0 Å². The third-order valence-corrected chi connectivity index (χ3v) is 4.26. The molecule has 0 saturated heterocycles. The molecule has 0 aromatic heterocycles. The van der Waals surface area contributed by atoms with Crippen molar-refractivity contribution in [3.05, 3.63) is 0 Å². The Morgan fingerprint density at radius 2 is 0.944 bits per heavy atom. The van der Waals surface area contributed by atoms with Gasteiger partial charge in [-0.05, 0) is 37.5 Å². The standard InChI is InChI=1S/C16H22O2/c17-15(13-7-3-1-4-8-13)11-12-16(18)14-9-5-2-6-10-14/h13-14H,1-10H2. The lowest BCUT2D eigenvalue weighted by molar-refractivity contribution is -0.119. The molecule has 0 N–H and O–H groups in total. The predicted octanol–water partition coefficient (Wildman–Crippen LogP) is 3.29. The third kappa shape index (κ3) is 3.70. The Morgan fingerprint density at radius 3 is 1.28 bits per heavy atom. The zero-order valence-electron chi connectivity index (χ0n) is 11.0. The Labute approximate surface area is 110 Å². The zero-order valence-corrected chi connectivity index (χ0v) is 11.0. The van der Waals surface area contributed by atoms with E-state index in [2.05, 4.69) is 11.8 Å². The maximum Gasteiger partial charge on any atom is 0.208 e. The van der Waals surface area contributed by atoms with Crippen LogP contribution in [-0.2, 0) is 9.59 Å². The number of rotatable bonds is 2. The van der Waals surface area contributed by atoms with E-state index in [-0.39, 0.29) is 23.4 Å². The molecule has 0 bridgehead atoms. The van der Waals surface area contributed by atoms with E-state index in [1.165, 1.54) is 12.8 Å². The molecule has 18 heavy (non-hydrogen) atoms. The summed E-state index contributed by atoms with van der Waals surface area (Å²) < 4.78 is 0. The normalized spacial score (nSPS) is 22.0. The van der Waals surface area contributed by atoms with Crippen molar-refractivity contribution in [2.24, 2.45) is 11.8 Å². The second-order valence-corrected chi connectivity index (χ2v) is 5.65. The van der Waals surface area contributed by atoms with Gasteiger partial charge in [-0.25, -0.2) is 0 Å². The molecular weight excluding hydrogens is 224 g/mol. The van der Waals surface area contributed by atoms with Gasteiger partial charge in [-0.2, -0.15) is 0 Å². The fourth-order valence-electron chi connectivity index (χ4n) is 3.06. The predicted molar refractivity (Wildman–Crippen MR) is 70.9 cm³/mol. The molecular formula is C16H22O2. The fourth-order valence-corrected chi connectivity index (χ4v) is 3.06. The number of hydrogen-bond donors (Lipinski definition) is 0. The molecule has 0 spiro atoms. The number of hydrogen-bond acceptors (Lipinski definition) is 2. The zero-order chi connectivity index (χ0) is 12.8. The van der Waals surface area contributed by atoms with Gasteiger partial charge in [0.25, 0.3) is 0 Å². The van der Waals surface area contributed by atoms with Crippen LogP contribution < -0.4 is 0 Å². The van der Waals surface area contributed by atoms with Crippen molar-refractivity contribution in [2.45, 2.75) is 64.2 Å². The largest absolute Gasteiger partial charge is 0.285 e. The van der Waals surface area contributed by atoms with Gasteiger partial charge in [0.1, 0.15) is 0 Å². The molecule has 2 aliphatic carbocycles. The molecule has 0 radical (unpaired) electrons. The van der Waals surface area contributed by atoms with Crippen LogP contribution in [0.15, 0.2) is 0 Å². The Kier molecular flexibility index (Phi) is 4.99. The Hall–Kier alpha value is -1.10. The molecule has 2 rings (SSSR count). The van der Waals surface area contributed by atoms with Crippen LogP contribution in [0, 0.1) is 23.7 Å². The van der Waals surface area contributed by atoms with Crippen molar-refractivity contribution >= 4 is 11.6 Å². The molecule has 0 amide bonds. The van der Waals surface area contributed by atoms with Crippen LogP contribution in [-0.4, -0.2) is 11.6 Å². The summed E-state index contributed by atoms with van der Waals surface area (Å²) in [6, 6.07) is 0. The quantitative estimate of drug-likeness (QED) is 0.553. The van der Waals surface area contributed by atoms with E-state index in [1.807, 2.05) is 0 Å². The lowest BCUT2D eigenvalue weighted by Gasteiger charge is -2.18. The number of Topliss-reactive ketones (excluding diaryl/α,β-unsaturated/α-hetero) is 2. The number of carbonyl (C=O) groups is 2. The van der Waals surface area contributed by atoms with E-state index in [1.54, 1.807) is 0 Å². The van der Waals surface area contributed by atoms with Crippen molar-refractivity contribution in [1.29, 1.82) is 0 Å². The maximum atomic E-state index is 11.9. The first-order valence-corrected chi connectivity index (χ1v) is 7.37. The van der Waals surface area contributed by atoms with Gasteiger partial charge in [0.15, 0.2) is 0 Å². The monoisotopic (exact) mass is 246 g/mol. The SMILES string of the molecule is O=C(C#CC(=O)C1CCCCC1)C1CCCCC1. The van der Waals surface area contributed by atoms with Gasteiger partial charge in [0, 0.05) is 11.8 Å². The van der Waals surface area contributed by atoms with E-state index in [0.29, 0.717) is 0 Å². The van der Waals surface area contributed by atoms with Crippen LogP contribution in [0.5, 0.6) is 0 Å². The molecule has 2 aliphatic rings. The van der Waals surface area contributed by atoms with E-state index >= 15 is 0 Å². The lowest BCUT2D eigenvalue weighted by Crippen LogP contribution is -2.18. The van der Waals surface area contributed by atoms with Gasteiger partial charge < -0.3 is 0 Å². The summed E-state index contributed by atoms with van der Waals surface area (Å²) >= 11 is 0. The Morgan fingerprint density at radius 1 is 0.611 bits per heavy atom. The van der Waals surface area contributed by atoms with Crippen LogP contribution >= 0.6 is 0 Å². The fraction of sp³-hybridized carbons (Fsp3) is 0.750. The first-order valence-electron chi connectivity index (χ1n) is 7.37. The molecule has 2 nitrogen and oxygen atoms in total. The molecule has 0 aromatic carbocycles. The van der Waals surface area contributed by atoms with Crippen molar-refractivity contribution in [3.8, 4) is 11.8 Å². The average Bonchev–Trinajstić information content (AvgIpc) is 2.46. The van der Waals surface area contributed by atoms with Crippen molar-refractivity contribution < 1.29 is 9.59 Å². The maximum absolute atomic E-state index is 11.9. The highest BCUT2D eigenvalue weighted by atomic mass is 16.1. The summed E-state index contributed by atoms with van der Waals surface area (Å²) in [5.41, 5.74) is 0. The van der Waals surface area contributed by atoms with E-state index in [4.69, 9.17) is 0 Å². The van der Waals surface area contributed by atoms with Gasteiger partial charge >= 0.3 is 0 Å². The highest BCUT2D eigenvalue weighted by molar-refractivity contribution is 6.06. The van der Waals surface area contributed by atoms with Gasteiger partial charge in [-0.1, -0.05) is 38.5 Å². The van der Waals surface area contributed by atoms with Crippen LogP contribution in [0.1, 0.15) is 64.2 Å². The molecule has 0 heterocycles. The smallest absolute Gasteiger partial charge is 0.208 e. The van der Waals surface area contributed by atoms with Crippen LogP contribution in [0.25, 0.3) is 0 Å². The molecule has 2 fully saturated rings. The van der Waals surface area contributed by atoms with Crippen molar-refractivity contribution in [1.82, 2.24) is 0 Å². The Bertz CT molecular complexity index is 326. The minimum atomic E-state index is -0.00106. The van der Waals surface area contributed by atoms with Crippen molar-refractivity contribution in [3.63, 3.8) is 0 Å². The molecule has 0 aromatic rings. The molecule has 0 atom stereocenters. The van der Waals surface area contributed by atoms with Crippen LogP contribution in [0.2, 0.25) is 0 Å². The Balaban J connectivity index is 1.85. The molecule has 0 unspecified atom stereocenters. The van der Waals surface area contributed by atoms with E-state index < -0.39 is 0 Å². The van der Waals surface area contributed by atoms with Gasteiger partial charge in [-0.15, -0.1) is 0 Å². The highest BCUT2D eigenvalue weighted by Gasteiger charge is 2.21. The minimum absolute atomic E-state index is 0.00106. The summed E-state index contributed by atoms with van der Waals surface area (Å²) in [4.78, 5) is 23.7. The molecule has 2 heteroatoms. The summed E-state index contributed by atoms with van der Waals surface area (Å²) in [5, 5.41) is 0. The van der Waals surface area contributed by atoms with Crippen LogP contribution in [0.4, 0.5) is 0 Å². The number of carbonyl (C=O) groups excluding carboxylic acids is 2. The van der Waals surface area contributed by atoms with Gasteiger partial charge in [0.2, 0.25) is 11.6 Å². The summed E-state index contributed by atoms with van der Waals surface area (Å²) in [7, 11) is 0. The summed E-state index contributed by atoms with van der Waals surface area (Å²) in [6.07, 6.45) is 10.9. The molecule has 2 saturated carbocycles. The first kappa shape index (κ1) is 13.3. The summed E-state index contributed by atoms with van der Waals surface area (Å²) in [5.74, 6) is 5.42. The summed E-state index contributed by atoms with van der Waals surface area (Å²) in [6.45, 7) is 0. The topological polar surface area (TPSA) is 34.1 Å². The van der Waals surface area contributed by atoms with E-state index in [0.717, 1.165) is 51.4 Å². The van der Waals surface area contributed by atoms with Gasteiger partial charge in [0.05, 0.1) is 0 Å². The second-order valence-electron chi connectivity index (χ2n) is 5.65. The van der Waals surface area contributed by atoms with E-state index in [9.17, 15) is 9.59 Å². The minimum Gasteiger partial charge on any atom is -0.285 e. The first-order chi connectivity index (χ1) is 8.77. The number of ketones is 2. The average molecular weight is 246 g/mol. The molecule has 0 aliphatic heterocycles. The van der Waals surface area contributed by atoms with Gasteiger partial charge in [-0.3, -0.25) is 9.59 Å².